The van der Waals surface area contributed by atoms with Crippen LogP contribution in [0.1, 0.15) is 18.9 Å². The topological polar surface area (TPSA) is 12.0 Å². The van der Waals surface area contributed by atoms with Gasteiger partial charge in [0.05, 0.1) is 0 Å². The van der Waals surface area contributed by atoms with Gasteiger partial charge in [-0.3, -0.25) is 0 Å². The second kappa shape index (κ2) is 6.14. The van der Waals surface area contributed by atoms with E-state index in [2.05, 4.69) is 28.2 Å². The molecular weight excluding hydrogens is 245 g/mol. The van der Waals surface area contributed by atoms with Gasteiger partial charge in [0.25, 0.3) is 0 Å². The Labute approximate surface area is 92.8 Å². The van der Waals surface area contributed by atoms with Crippen LogP contribution in [0.4, 0.5) is 4.39 Å². The zero-order valence-electron chi connectivity index (χ0n) is 8.32. The number of benzene rings is 1. The van der Waals surface area contributed by atoms with Crippen LogP contribution in [0, 0.1) is 5.82 Å². The number of halogens is 2. The van der Waals surface area contributed by atoms with Crippen LogP contribution in [0.25, 0.3) is 0 Å². The second-order valence-electron chi connectivity index (χ2n) is 3.24. The summed E-state index contributed by atoms with van der Waals surface area (Å²) >= 11 is 3.41. The first-order valence-corrected chi connectivity index (χ1v) is 5.68. The highest BCUT2D eigenvalue weighted by molar-refractivity contribution is 9.10. The lowest BCUT2D eigenvalue weighted by Crippen LogP contribution is -2.17. The Bertz CT molecular complexity index is 289. The van der Waals surface area contributed by atoms with Crippen molar-refractivity contribution in [1.29, 1.82) is 0 Å². The minimum Gasteiger partial charge on any atom is -0.316 e. The van der Waals surface area contributed by atoms with E-state index in [0.717, 1.165) is 36.0 Å². The van der Waals surface area contributed by atoms with Crippen molar-refractivity contribution < 1.29 is 4.39 Å². The zero-order chi connectivity index (χ0) is 10.4. The highest BCUT2D eigenvalue weighted by Crippen LogP contribution is 2.17. The summed E-state index contributed by atoms with van der Waals surface area (Å²) in [5.74, 6) is -0.168. The average molecular weight is 260 g/mol. The van der Waals surface area contributed by atoms with Gasteiger partial charge in [0, 0.05) is 4.47 Å². The fourth-order valence-corrected chi connectivity index (χ4v) is 1.70. The second-order valence-corrected chi connectivity index (χ2v) is 4.09. The first-order valence-electron chi connectivity index (χ1n) is 4.88. The van der Waals surface area contributed by atoms with Crippen LogP contribution in [-0.2, 0) is 6.42 Å². The third-order valence-electron chi connectivity index (χ3n) is 2.01. The number of rotatable bonds is 5. The van der Waals surface area contributed by atoms with E-state index in [4.69, 9.17) is 0 Å². The van der Waals surface area contributed by atoms with Gasteiger partial charge in [-0.1, -0.05) is 22.9 Å². The van der Waals surface area contributed by atoms with Gasteiger partial charge in [-0.15, -0.1) is 0 Å². The summed E-state index contributed by atoms with van der Waals surface area (Å²) < 4.78 is 13.9. The average Bonchev–Trinajstić information content (AvgIpc) is 2.18. The fraction of sp³-hybridized carbons (Fsp3) is 0.455. The van der Waals surface area contributed by atoms with Crippen LogP contribution >= 0.6 is 15.9 Å². The molecule has 0 saturated carbocycles. The Morgan fingerprint density at radius 2 is 2.14 bits per heavy atom. The molecule has 0 fully saturated rings. The minimum absolute atomic E-state index is 0.168. The van der Waals surface area contributed by atoms with Crippen molar-refractivity contribution in [3.63, 3.8) is 0 Å². The third-order valence-corrected chi connectivity index (χ3v) is 2.78. The van der Waals surface area contributed by atoms with Crippen molar-refractivity contribution in [2.75, 3.05) is 13.1 Å². The predicted molar refractivity (Wildman–Crippen MR) is 61.0 cm³/mol. The van der Waals surface area contributed by atoms with Crippen molar-refractivity contribution >= 4 is 15.9 Å². The van der Waals surface area contributed by atoms with Crippen LogP contribution in [0.3, 0.4) is 0 Å². The van der Waals surface area contributed by atoms with E-state index in [-0.39, 0.29) is 5.82 Å². The van der Waals surface area contributed by atoms with E-state index in [0.29, 0.717) is 0 Å². The molecule has 0 aliphatic heterocycles. The van der Waals surface area contributed by atoms with Crippen LogP contribution in [0.5, 0.6) is 0 Å². The summed E-state index contributed by atoms with van der Waals surface area (Å²) in [4.78, 5) is 0. The molecule has 0 aliphatic carbocycles. The van der Waals surface area contributed by atoms with Gasteiger partial charge in [0.2, 0.25) is 0 Å². The van der Waals surface area contributed by atoms with Gasteiger partial charge in [0.1, 0.15) is 5.82 Å². The molecule has 1 N–H and O–H groups in total. The normalized spacial score (nSPS) is 10.5. The van der Waals surface area contributed by atoms with E-state index >= 15 is 0 Å². The molecule has 0 bridgehead atoms. The lowest BCUT2D eigenvalue weighted by Gasteiger charge is -2.05. The highest BCUT2D eigenvalue weighted by atomic mass is 79.9. The number of hydrogen-bond donors (Lipinski definition) is 1. The lowest BCUT2D eigenvalue weighted by molar-refractivity contribution is 0.621. The summed E-state index contributed by atoms with van der Waals surface area (Å²) in [5.41, 5.74) is 1.02. The van der Waals surface area contributed by atoms with Crippen LogP contribution < -0.4 is 5.32 Å². The van der Waals surface area contributed by atoms with Crippen molar-refractivity contribution in [1.82, 2.24) is 5.32 Å². The molecule has 0 amide bonds. The van der Waals surface area contributed by atoms with Crippen molar-refractivity contribution in [2.45, 2.75) is 19.8 Å². The monoisotopic (exact) mass is 259 g/mol. The molecule has 3 heteroatoms. The van der Waals surface area contributed by atoms with Crippen molar-refractivity contribution in [3.05, 3.63) is 34.1 Å². The maximum Gasteiger partial charge on any atom is 0.123 e. The van der Waals surface area contributed by atoms with Gasteiger partial charge in [0.15, 0.2) is 0 Å². The van der Waals surface area contributed by atoms with Crippen LogP contribution in [0.15, 0.2) is 22.7 Å². The standard InChI is InChI=1S/C11H15BrFN/c1-2-6-14-7-5-9-8-10(13)3-4-11(9)12/h3-4,8,14H,2,5-7H2,1H3. The quantitative estimate of drug-likeness (QED) is 0.802. The molecule has 0 unspecified atom stereocenters. The smallest absolute Gasteiger partial charge is 0.123 e. The Morgan fingerprint density at radius 3 is 2.86 bits per heavy atom. The van der Waals surface area contributed by atoms with E-state index < -0.39 is 0 Å². The van der Waals surface area contributed by atoms with Crippen molar-refractivity contribution in [3.8, 4) is 0 Å². The van der Waals surface area contributed by atoms with Gasteiger partial charge in [-0.05, 0) is 49.7 Å². The molecule has 1 rings (SSSR count). The first kappa shape index (κ1) is 11.7. The molecule has 0 aromatic heterocycles. The highest BCUT2D eigenvalue weighted by Gasteiger charge is 2.00. The molecule has 0 aliphatic rings. The van der Waals surface area contributed by atoms with Crippen LogP contribution in [-0.4, -0.2) is 13.1 Å². The van der Waals surface area contributed by atoms with Gasteiger partial charge < -0.3 is 5.32 Å². The summed E-state index contributed by atoms with van der Waals surface area (Å²) in [5, 5.41) is 3.29. The molecule has 0 heterocycles. The lowest BCUT2D eigenvalue weighted by atomic mass is 10.1. The van der Waals surface area contributed by atoms with Gasteiger partial charge in [-0.2, -0.15) is 0 Å². The molecule has 78 valence electrons. The Morgan fingerprint density at radius 1 is 1.36 bits per heavy atom. The van der Waals surface area contributed by atoms with E-state index in [1.807, 2.05) is 0 Å². The van der Waals surface area contributed by atoms with Gasteiger partial charge in [-0.25, -0.2) is 4.39 Å². The maximum atomic E-state index is 12.9. The Hall–Kier alpha value is -0.410. The Balaban J connectivity index is 2.45. The molecule has 0 saturated heterocycles. The Kier molecular flexibility index (Phi) is 5.12. The van der Waals surface area contributed by atoms with Crippen LogP contribution in [0.2, 0.25) is 0 Å². The molecule has 1 nitrogen and oxygen atoms in total. The largest absolute Gasteiger partial charge is 0.316 e. The molecule has 0 spiro atoms. The summed E-state index contributed by atoms with van der Waals surface area (Å²) in [6, 6.07) is 4.80. The minimum atomic E-state index is -0.168. The predicted octanol–water partition coefficient (Wildman–Crippen LogP) is 3.13. The molecule has 14 heavy (non-hydrogen) atoms. The number of nitrogens with one attached hydrogen (secondary N) is 1. The third kappa shape index (κ3) is 3.76. The van der Waals surface area contributed by atoms with Crippen molar-refractivity contribution in [2.24, 2.45) is 0 Å². The summed E-state index contributed by atoms with van der Waals surface area (Å²) in [7, 11) is 0. The fourth-order valence-electron chi connectivity index (χ4n) is 1.26. The molecular formula is C11H15BrFN. The van der Waals surface area contributed by atoms with E-state index in [1.165, 1.54) is 6.07 Å². The molecule has 1 aromatic rings. The van der Waals surface area contributed by atoms with E-state index in [1.54, 1.807) is 12.1 Å². The SMILES string of the molecule is CCCNCCc1cc(F)ccc1Br. The summed E-state index contributed by atoms with van der Waals surface area (Å²) in [6.45, 7) is 4.05. The molecule has 0 radical (unpaired) electrons. The molecule has 1 aromatic carbocycles. The molecule has 0 atom stereocenters. The zero-order valence-corrected chi connectivity index (χ0v) is 9.90. The summed E-state index contributed by atoms with van der Waals surface area (Å²) in [6.07, 6.45) is 1.99. The maximum absolute atomic E-state index is 12.9. The van der Waals surface area contributed by atoms with Gasteiger partial charge >= 0.3 is 0 Å². The first-order chi connectivity index (χ1) is 6.74. The number of hydrogen-bond acceptors (Lipinski definition) is 1. The van der Waals surface area contributed by atoms with E-state index in [9.17, 15) is 4.39 Å².